The van der Waals surface area contributed by atoms with Crippen molar-refractivity contribution in [2.45, 2.75) is 25.7 Å². The molecule has 0 radical (unpaired) electrons. The molecule has 6 heteroatoms. The summed E-state index contributed by atoms with van der Waals surface area (Å²) in [4.78, 5) is 21.1. The van der Waals surface area contributed by atoms with E-state index in [1.807, 2.05) is 0 Å². The minimum Gasteiger partial charge on any atom is -0.465 e. The van der Waals surface area contributed by atoms with Gasteiger partial charge in [-0.15, -0.1) is 11.3 Å². The Morgan fingerprint density at radius 2 is 2.45 bits per heavy atom. The smallest absolute Gasteiger partial charge is 0.315 e. The molecule has 0 aliphatic heterocycles. The van der Waals surface area contributed by atoms with Crippen LogP contribution in [0.15, 0.2) is 18.5 Å². The molecule has 2 heterocycles. The molecule has 2 aromatic rings. The fourth-order valence-electron chi connectivity index (χ4n) is 2.36. The second-order valence-corrected chi connectivity index (χ2v) is 5.61. The number of esters is 1. The second-order valence-electron chi connectivity index (χ2n) is 4.53. The van der Waals surface area contributed by atoms with Crippen LogP contribution in [0.1, 0.15) is 29.8 Å². The first-order chi connectivity index (χ1) is 9.70. The highest BCUT2D eigenvalue weighted by Crippen LogP contribution is 2.40. The van der Waals surface area contributed by atoms with Gasteiger partial charge in [0.25, 0.3) is 0 Å². The summed E-state index contributed by atoms with van der Waals surface area (Å²) in [5.74, 6) is -0.939. The monoisotopic (exact) mass is 292 g/mol. The summed E-state index contributed by atoms with van der Waals surface area (Å²) >= 11 is 1.44. The van der Waals surface area contributed by atoms with Gasteiger partial charge < -0.3 is 4.74 Å². The van der Waals surface area contributed by atoms with E-state index in [4.69, 9.17) is 4.74 Å². The number of hydrogen-bond donors (Lipinski definition) is 0. The lowest BCUT2D eigenvalue weighted by molar-refractivity contribution is -0.145. The number of fused-ring (bicyclic) bond motifs is 1. The molecule has 3 rings (SSSR count). The van der Waals surface area contributed by atoms with E-state index in [9.17, 15) is 9.18 Å². The van der Waals surface area contributed by atoms with E-state index in [2.05, 4.69) is 9.97 Å². The molecule has 0 N–H and O–H groups in total. The number of ether oxygens (including phenoxy) is 1. The van der Waals surface area contributed by atoms with Gasteiger partial charge in [-0.2, -0.15) is 0 Å². The Labute approximate surface area is 119 Å². The first-order valence-electron chi connectivity index (χ1n) is 6.46. The van der Waals surface area contributed by atoms with Crippen LogP contribution in [-0.2, 0) is 16.0 Å². The largest absolute Gasteiger partial charge is 0.465 e. The van der Waals surface area contributed by atoms with Gasteiger partial charge in [0.2, 0.25) is 0 Å². The Hall–Kier alpha value is -1.82. The number of nitrogens with zero attached hydrogens (tertiary/aromatic N) is 2. The Morgan fingerprint density at radius 3 is 3.20 bits per heavy atom. The molecule has 104 valence electrons. The maximum atomic E-state index is 13.7. The first-order valence-corrected chi connectivity index (χ1v) is 7.28. The van der Waals surface area contributed by atoms with E-state index < -0.39 is 5.82 Å². The van der Waals surface area contributed by atoms with Gasteiger partial charge in [-0.25, -0.2) is 9.37 Å². The summed E-state index contributed by atoms with van der Waals surface area (Å²) in [6.45, 7) is 2.15. The van der Waals surface area contributed by atoms with Crippen LogP contribution in [0.4, 0.5) is 4.39 Å². The number of pyridine rings is 1. The average molecular weight is 292 g/mol. The van der Waals surface area contributed by atoms with Crippen molar-refractivity contribution in [2.24, 2.45) is 0 Å². The molecular weight excluding hydrogens is 279 g/mol. The molecule has 1 atom stereocenters. The van der Waals surface area contributed by atoms with Crippen molar-refractivity contribution in [3.05, 3.63) is 34.8 Å². The molecule has 0 aromatic carbocycles. The van der Waals surface area contributed by atoms with Crippen molar-refractivity contribution in [3.8, 4) is 10.6 Å². The minimum absolute atomic E-state index is 0.238. The Morgan fingerprint density at radius 1 is 1.60 bits per heavy atom. The number of carbonyl (C=O) groups excluding carboxylic acids is 1. The highest BCUT2D eigenvalue weighted by molar-refractivity contribution is 7.15. The van der Waals surface area contributed by atoms with E-state index >= 15 is 0 Å². The standard InChI is InChI=1S/C14H13FN2O2S/c1-2-19-14(18)9-3-4-11-12(9)17-13(20-11)8-5-6-16-7-10(8)15/h5-7,9H,2-4H2,1H3. The molecule has 0 saturated heterocycles. The molecule has 0 fully saturated rings. The van der Waals surface area contributed by atoms with Gasteiger partial charge in [-0.3, -0.25) is 9.78 Å². The predicted octanol–water partition coefficient (Wildman–Crippen LogP) is 2.94. The van der Waals surface area contributed by atoms with Crippen LogP contribution in [0.2, 0.25) is 0 Å². The van der Waals surface area contributed by atoms with E-state index in [-0.39, 0.29) is 11.9 Å². The molecule has 0 saturated carbocycles. The maximum absolute atomic E-state index is 13.7. The van der Waals surface area contributed by atoms with E-state index in [1.165, 1.54) is 23.7 Å². The van der Waals surface area contributed by atoms with Crippen molar-refractivity contribution >= 4 is 17.3 Å². The molecule has 0 bridgehead atoms. The quantitative estimate of drug-likeness (QED) is 0.816. The Kier molecular flexibility index (Phi) is 3.48. The van der Waals surface area contributed by atoms with Gasteiger partial charge in [0.1, 0.15) is 10.9 Å². The van der Waals surface area contributed by atoms with E-state index in [1.54, 1.807) is 13.0 Å². The third kappa shape index (κ3) is 2.20. The molecule has 0 spiro atoms. The lowest BCUT2D eigenvalue weighted by Gasteiger charge is -2.07. The van der Waals surface area contributed by atoms with Crippen LogP contribution in [0.3, 0.4) is 0 Å². The molecular formula is C14H13FN2O2S. The third-order valence-electron chi connectivity index (χ3n) is 3.29. The van der Waals surface area contributed by atoms with Crippen molar-refractivity contribution in [1.82, 2.24) is 9.97 Å². The topological polar surface area (TPSA) is 52.1 Å². The zero-order valence-electron chi connectivity index (χ0n) is 10.9. The minimum atomic E-state index is -0.396. The number of hydrogen-bond acceptors (Lipinski definition) is 5. The van der Waals surface area contributed by atoms with Crippen LogP contribution in [0.25, 0.3) is 10.6 Å². The average Bonchev–Trinajstić information content (AvgIpc) is 2.99. The number of halogens is 1. The number of rotatable bonds is 3. The van der Waals surface area contributed by atoms with Crippen LogP contribution >= 0.6 is 11.3 Å². The van der Waals surface area contributed by atoms with E-state index in [0.717, 1.165) is 23.4 Å². The third-order valence-corrected chi connectivity index (χ3v) is 4.46. The zero-order valence-corrected chi connectivity index (χ0v) is 11.7. The molecule has 0 amide bonds. The molecule has 1 aliphatic carbocycles. The van der Waals surface area contributed by atoms with Gasteiger partial charge >= 0.3 is 5.97 Å². The van der Waals surface area contributed by atoms with Crippen LogP contribution < -0.4 is 0 Å². The van der Waals surface area contributed by atoms with Crippen molar-refractivity contribution in [3.63, 3.8) is 0 Å². The fraction of sp³-hybridized carbons (Fsp3) is 0.357. The maximum Gasteiger partial charge on any atom is 0.315 e. The molecule has 20 heavy (non-hydrogen) atoms. The summed E-state index contributed by atoms with van der Waals surface area (Å²) < 4.78 is 18.8. The summed E-state index contributed by atoms with van der Waals surface area (Å²) in [6.07, 6.45) is 4.23. The van der Waals surface area contributed by atoms with Gasteiger partial charge in [-0.05, 0) is 25.8 Å². The summed E-state index contributed by atoms with van der Waals surface area (Å²) in [5, 5.41) is 0.601. The summed E-state index contributed by atoms with van der Waals surface area (Å²) in [6, 6.07) is 1.60. The Balaban J connectivity index is 1.94. The lowest BCUT2D eigenvalue weighted by Crippen LogP contribution is -2.14. The van der Waals surface area contributed by atoms with E-state index in [0.29, 0.717) is 17.2 Å². The van der Waals surface area contributed by atoms with Gasteiger partial charge in [-0.1, -0.05) is 0 Å². The highest BCUT2D eigenvalue weighted by Gasteiger charge is 2.33. The number of thiazole rings is 1. The van der Waals surface area contributed by atoms with Crippen molar-refractivity contribution in [1.29, 1.82) is 0 Å². The number of aromatic nitrogens is 2. The molecule has 1 unspecified atom stereocenters. The van der Waals surface area contributed by atoms with Crippen LogP contribution in [0, 0.1) is 5.82 Å². The van der Waals surface area contributed by atoms with Crippen molar-refractivity contribution in [2.75, 3.05) is 6.61 Å². The fourth-order valence-corrected chi connectivity index (χ4v) is 3.53. The number of aryl methyl sites for hydroxylation is 1. The first kappa shape index (κ1) is 13.2. The van der Waals surface area contributed by atoms with Crippen molar-refractivity contribution < 1.29 is 13.9 Å². The number of carbonyl (C=O) groups is 1. The predicted molar refractivity (Wildman–Crippen MR) is 73.0 cm³/mol. The zero-order chi connectivity index (χ0) is 14.1. The summed E-state index contributed by atoms with van der Waals surface area (Å²) in [5.41, 5.74) is 1.18. The molecule has 4 nitrogen and oxygen atoms in total. The SMILES string of the molecule is CCOC(=O)C1CCc2sc(-c3ccncc3F)nc21. The van der Waals surface area contributed by atoms with Crippen LogP contribution in [-0.4, -0.2) is 22.5 Å². The van der Waals surface area contributed by atoms with Gasteiger partial charge in [0.05, 0.1) is 18.5 Å². The molecule has 2 aromatic heterocycles. The summed E-state index contributed by atoms with van der Waals surface area (Å²) in [7, 11) is 0. The highest BCUT2D eigenvalue weighted by atomic mass is 32.1. The normalized spacial score (nSPS) is 17.0. The lowest BCUT2D eigenvalue weighted by atomic mass is 10.1. The molecule has 1 aliphatic rings. The van der Waals surface area contributed by atoms with Crippen LogP contribution in [0.5, 0.6) is 0 Å². The Bertz CT molecular complexity index is 656. The van der Waals surface area contributed by atoms with Gasteiger partial charge in [0, 0.05) is 16.6 Å². The van der Waals surface area contributed by atoms with Gasteiger partial charge in [0.15, 0.2) is 5.82 Å². The second kappa shape index (κ2) is 5.28.